The number of esters is 1. The van der Waals surface area contributed by atoms with Crippen molar-refractivity contribution in [2.24, 2.45) is 0 Å². The summed E-state index contributed by atoms with van der Waals surface area (Å²) < 4.78 is 10.3. The van der Waals surface area contributed by atoms with Crippen molar-refractivity contribution in [1.29, 1.82) is 0 Å². The van der Waals surface area contributed by atoms with Gasteiger partial charge < -0.3 is 14.4 Å². The highest BCUT2D eigenvalue weighted by atomic mass is 16.6. The van der Waals surface area contributed by atoms with Gasteiger partial charge in [0, 0.05) is 6.54 Å². The Hall–Kier alpha value is -1.79. The maximum Gasteiger partial charge on any atom is 0.411 e. The summed E-state index contributed by atoms with van der Waals surface area (Å²) in [6, 6.07) is -0.227. The summed E-state index contributed by atoms with van der Waals surface area (Å²) >= 11 is 0. The third-order valence-corrected chi connectivity index (χ3v) is 4.43. The molecule has 2 saturated heterocycles. The standard InChI is InChI=1S/C16H26N2O5.C2H6/c1-6-22-12(19)10-17-11(2)16(13(17)20)8-7-9-18(16)14(21)23-15(3,4)5;1-2/h11H,6-10H2,1-5H3;1-2H3. The fourth-order valence-corrected chi connectivity index (χ4v) is 3.42. The summed E-state index contributed by atoms with van der Waals surface area (Å²) in [5.41, 5.74) is -1.48. The lowest BCUT2D eigenvalue weighted by Gasteiger charge is -2.56. The van der Waals surface area contributed by atoms with Crippen LogP contribution in [0.3, 0.4) is 0 Å². The molecule has 0 aliphatic carbocycles. The fraction of sp³-hybridized carbons (Fsp3) is 0.833. The highest BCUT2D eigenvalue weighted by Gasteiger charge is 2.65. The molecule has 144 valence electrons. The number of carbonyl (C=O) groups excluding carboxylic acids is 3. The van der Waals surface area contributed by atoms with Gasteiger partial charge >= 0.3 is 12.1 Å². The van der Waals surface area contributed by atoms with Crippen molar-refractivity contribution in [2.45, 2.75) is 78.5 Å². The van der Waals surface area contributed by atoms with Crippen LogP contribution in [-0.2, 0) is 19.1 Å². The normalized spacial score (nSPS) is 25.2. The lowest BCUT2D eigenvalue weighted by Crippen LogP contribution is -2.78. The number of carbonyl (C=O) groups is 3. The molecular weight excluding hydrogens is 324 g/mol. The molecule has 2 fully saturated rings. The Kier molecular flexibility index (Phi) is 6.85. The van der Waals surface area contributed by atoms with Crippen LogP contribution in [0.1, 0.15) is 61.3 Å². The summed E-state index contributed by atoms with van der Waals surface area (Å²) in [5, 5.41) is 0. The highest BCUT2D eigenvalue weighted by molar-refractivity contribution is 5.99. The number of nitrogens with zero attached hydrogens (tertiary/aromatic N) is 2. The minimum absolute atomic E-state index is 0.0717. The van der Waals surface area contributed by atoms with Crippen molar-refractivity contribution in [3.05, 3.63) is 0 Å². The number of amides is 2. The average molecular weight is 356 g/mol. The summed E-state index contributed by atoms with van der Waals surface area (Å²) in [6.07, 6.45) is 0.889. The second-order valence-electron chi connectivity index (χ2n) is 7.07. The van der Waals surface area contributed by atoms with Gasteiger partial charge in [-0.05, 0) is 47.5 Å². The molecule has 0 bridgehead atoms. The predicted octanol–water partition coefficient (Wildman–Crippen LogP) is 2.58. The molecular formula is C18H32N2O5. The quantitative estimate of drug-likeness (QED) is 0.574. The van der Waals surface area contributed by atoms with E-state index in [1.807, 2.05) is 20.8 Å². The van der Waals surface area contributed by atoms with Gasteiger partial charge in [-0.1, -0.05) is 13.8 Å². The molecule has 2 rings (SSSR count). The second kappa shape index (κ2) is 8.06. The molecule has 1 spiro atoms. The van der Waals surface area contributed by atoms with E-state index in [1.54, 1.807) is 27.7 Å². The first-order chi connectivity index (χ1) is 11.6. The monoisotopic (exact) mass is 356 g/mol. The minimum atomic E-state index is -0.866. The lowest BCUT2D eigenvalue weighted by atomic mass is 9.77. The molecule has 2 aliphatic heterocycles. The average Bonchev–Trinajstić information content (AvgIpc) is 3.00. The first-order valence-corrected chi connectivity index (χ1v) is 9.11. The molecule has 25 heavy (non-hydrogen) atoms. The van der Waals surface area contributed by atoms with Gasteiger partial charge in [0.15, 0.2) is 0 Å². The van der Waals surface area contributed by atoms with Gasteiger partial charge in [0.25, 0.3) is 5.91 Å². The van der Waals surface area contributed by atoms with Crippen LogP contribution in [0.4, 0.5) is 4.79 Å². The zero-order valence-electron chi connectivity index (χ0n) is 16.5. The summed E-state index contributed by atoms with van der Waals surface area (Å²) in [6.45, 7) is 13.7. The molecule has 0 aromatic rings. The number of ether oxygens (including phenoxy) is 2. The van der Waals surface area contributed by atoms with Crippen molar-refractivity contribution in [1.82, 2.24) is 9.80 Å². The van der Waals surface area contributed by atoms with E-state index in [0.717, 1.165) is 6.42 Å². The lowest BCUT2D eigenvalue weighted by molar-refractivity contribution is -0.176. The van der Waals surface area contributed by atoms with Gasteiger partial charge in [0.1, 0.15) is 17.7 Å². The molecule has 0 aromatic carbocycles. The number of hydrogen-bond acceptors (Lipinski definition) is 5. The fourth-order valence-electron chi connectivity index (χ4n) is 3.42. The Morgan fingerprint density at radius 3 is 2.36 bits per heavy atom. The third-order valence-electron chi connectivity index (χ3n) is 4.43. The van der Waals surface area contributed by atoms with E-state index >= 15 is 0 Å². The molecule has 2 heterocycles. The Labute approximate surface area is 150 Å². The van der Waals surface area contributed by atoms with Crippen molar-refractivity contribution in [2.75, 3.05) is 19.7 Å². The van der Waals surface area contributed by atoms with Crippen molar-refractivity contribution >= 4 is 18.0 Å². The van der Waals surface area contributed by atoms with E-state index in [-0.39, 0.29) is 25.1 Å². The van der Waals surface area contributed by atoms with Gasteiger partial charge in [-0.2, -0.15) is 0 Å². The van der Waals surface area contributed by atoms with E-state index in [9.17, 15) is 14.4 Å². The molecule has 2 amide bonds. The van der Waals surface area contributed by atoms with E-state index in [1.165, 1.54) is 9.80 Å². The SMILES string of the molecule is CC.CCOC(=O)CN1C(=O)C2(CCCN2C(=O)OC(C)(C)C)C1C. The Morgan fingerprint density at radius 1 is 1.28 bits per heavy atom. The van der Waals surface area contributed by atoms with E-state index < -0.39 is 23.2 Å². The van der Waals surface area contributed by atoms with E-state index in [4.69, 9.17) is 9.47 Å². The van der Waals surface area contributed by atoms with E-state index in [0.29, 0.717) is 13.0 Å². The van der Waals surface area contributed by atoms with Gasteiger partial charge in [-0.3, -0.25) is 14.5 Å². The van der Waals surface area contributed by atoms with Crippen LogP contribution in [0.2, 0.25) is 0 Å². The Balaban J connectivity index is 0.00000151. The summed E-state index contributed by atoms with van der Waals surface area (Å²) in [5.74, 6) is -0.620. The first kappa shape index (κ1) is 21.3. The van der Waals surface area contributed by atoms with Crippen LogP contribution in [0.25, 0.3) is 0 Å². The van der Waals surface area contributed by atoms with Crippen molar-refractivity contribution in [3.8, 4) is 0 Å². The summed E-state index contributed by atoms with van der Waals surface area (Å²) in [7, 11) is 0. The second-order valence-corrected chi connectivity index (χ2v) is 7.07. The molecule has 0 radical (unpaired) electrons. The predicted molar refractivity (Wildman–Crippen MR) is 94.1 cm³/mol. The Morgan fingerprint density at radius 2 is 1.88 bits per heavy atom. The molecule has 2 aliphatic rings. The van der Waals surface area contributed by atoms with Crippen LogP contribution in [0.15, 0.2) is 0 Å². The van der Waals surface area contributed by atoms with Crippen LogP contribution >= 0.6 is 0 Å². The molecule has 2 atom stereocenters. The van der Waals surface area contributed by atoms with Gasteiger partial charge in [-0.25, -0.2) is 4.79 Å². The first-order valence-electron chi connectivity index (χ1n) is 9.11. The number of β-lactam (4-membered cyclic amide) rings is 1. The maximum absolute atomic E-state index is 12.7. The molecule has 0 saturated carbocycles. The maximum atomic E-state index is 12.7. The number of hydrogen-bond donors (Lipinski definition) is 0. The largest absolute Gasteiger partial charge is 0.465 e. The highest BCUT2D eigenvalue weighted by Crippen LogP contribution is 2.44. The van der Waals surface area contributed by atoms with Crippen molar-refractivity contribution in [3.63, 3.8) is 0 Å². The van der Waals surface area contributed by atoms with Crippen molar-refractivity contribution < 1.29 is 23.9 Å². The van der Waals surface area contributed by atoms with E-state index in [2.05, 4.69) is 0 Å². The summed E-state index contributed by atoms with van der Waals surface area (Å²) in [4.78, 5) is 39.7. The molecule has 7 nitrogen and oxygen atoms in total. The minimum Gasteiger partial charge on any atom is -0.465 e. The van der Waals surface area contributed by atoms with Gasteiger partial charge in [0.05, 0.1) is 12.6 Å². The topological polar surface area (TPSA) is 76.2 Å². The zero-order valence-corrected chi connectivity index (χ0v) is 16.5. The molecule has 0 N–H and O–H groups in total. The van der Waals surface area contributed by atoms with Crippen LogP contribution in [0.5, 0.6) is 0 Å². The molecule has 2 unspecified atom stereocenters. The molecule has 7 heteroatoms. The van der Waals surface area contributed by atoms with Crippen LogP contribution in [-0.4, -0.2) is 64.6 Å². The smallest absolute Gasteiger partial charge is 0.411 e. The zero-order chi connectivity index (χ0) is 19.4. The van der Waals surface area contributed by atoms with Gasteiger partial charge in [-0.15, -0.1) is 0 Å². The van der Waals surface area contributed by atoms with Gasteiger partial charge in [0.2, 0.25) is 0 Å². The third kappa shape index (κ3) is 4.07. The Bertz CT molecular complexity index is 514. The number of rotatable bonds is 3. The van der Waals surface area contributed by atoms with Crippen LogP contribution < -0.4 is 0 Å². The molecule has 0 aromatic heterocycles. The van der Waals surface area contributed by atoms with Crippen LogP contribution in [0, 0.1) is 0 Å². The number of likely N-dealkylation sites (tertiary alicyclic amines) is 2.